The van der Waals surface area contributed by atoms with Crippen LogP contribution < -0.4 is 0 Å². The van der Waals surface area contributed by atoms with Gasteiger partial charge in [-0.05, 0) is 6.07 Å². The number of hydrogen-bond acceptors (Lipinski definition) is 1. The summed E-state index contributed by atoms with van der Waals surface area (Å²) in [5.41, 5.74) is -0.0186. The zero-order chi connectivity index (χ0) is 11.7. The van der Waals surface area contributed by atoms with Gasteiger partial charge in [-0.1, -0.05) is 23.7 Å². The Morgan fingerprint density at radius 1 is 1.12 bits per heavy atom. The molecular weight excluding hydrogens is 239 g/mol. The molecule has 0 aliphatic rings. The van der Waals surface area contributed by atoms with E-state index in [1.807, 2.05) is 0 Å². The van der Waals surface area contributed by atoms with E-state index in [4.69, 9.17) is 11.6 Å². The lowest BCUT2D eigenvalue weighted by Gasteiger charge is -2.03. The number of benzene rings is 1. The second-order valence-electron chi connectivity index (χ2n) is 3.02. The molecule has 16 heavy (non-hydrogen) atoms. The van der Waals surface area contributed by atoms with Crippen LogP contribution in [0, 0.1) is 23.6 Å². The Morgan fingerprint density at radius 3 is 2.56 bits per heavy atom. The molecule has 0 atom stereocenters. The van der Waals surface area contributed by atoms with E-state index in [0.29, 0.717) is 6.07 Å². The van der Waals surface area contributed by atoms with Crippen LogP contribution in [0.2, 0.25) is 5.02 Å². The van der Waals surface area contributed by atoms with Crippen molar-refractivity contribution >= 4 is 11.6 Å². The van der Waals surface area contributed by atoms with Gasteiger partial charge in [-0.2, -0.15) is 4.39 Å². The van der Waals surface area contributed by atoms with Crippen LogP contribution >= 0.6 is 11.6 Å². The van der Waals surface area contributed by atoms with Crippen LogP contribution in [0.25, 0.3) is 11.3 Å². The first kappa shape index (κ1) is 11.0. The highest BCUT2D eigenvalue weighted by atomic mass is 35.5. The van der Waals surface area contributed by atoms with Crippen LogP contribution in [0.5, 0.6) is 0 Å². The normalized spacial score (nSPS) is 10.5. The third-order valence-corrected chi connectivity index (χ3v) is 2.14. The average Bonchev–Trinajstić information content (AvgIpc) is 2.23. The molecule has 2 rings (SSSR count). The van der Waals surface area contributed by atoms with Crippen molar-refractivity contribution in [2.75, 3.05) is 0 Å². The summed E-state index contributed by atoms with van der Waals surface area (Å²) >= 11 is 5.64. The van der Waals surface area contributed by atoms with Gasteiger partial charge in [0.25, 0.3) is 0 Å². The van der Waals surface area contributed by atoms with Gasteiger partial charge in [0.05, 0.1) is 0 Å². The Hall–Kier alpha value is -1.55. The van der Waals surface area contributed by atoms with Crippen molar-refractivity contribution in [1.82, 2.24) is 4.98 Å². The lowest BCUT2D eigenvalue weighted by Crippen LogP contribution is -1.96. The van der Waals surface area contributed by atoms with Crippen molar-refractivity contribution in [3.05, 3.63) is 52.9 Å². The first-order valence-corrected chi connectivity index (χ1v) is 4.65. The highest BCUT2D eigenvalue weighted by molar-refractivity contribution is 6.30. The molecular formula is C11H4ClF3N. The van der Waals surface area contributed by atoms with Gasteiger partial charge in [-0.25, -0.2) is 13.8 Å². The van der Waals surface area contributed by atoms with Crippen LogP contribution in [-0.2, 0) is 0 Å². The van der Waals surface area contributed by atoms with Crippen molar-refractivity contribution in [1.29, 1.82) is 0 Å². The smallest absolute Gasteiger partial charge is 0.214 e. The summed E-state index contributed by atoms with van der Waals surface area (Å²) in [4.78, 5) is 3.19. The van der Waals surface area contributed by atoms with Crippen LogP contribution in [0.15, 0.2) is 24.3 Å². The molecule has 0 spiro atoms. The molecule has 0 saturated carbocycles. The van der Waals surface area contributed by atoms with Gasteiger partial charge in [0.1, 0.15) is 5.69 Å². The second-order valence-corrected chi connectivity index (χ2v) is 3.42. The van der Waals surface area contributed by atoms with E-state index < -0.39 is 17.6 Å². The molecule has 81 valence electrons. The van der Waals surface area contributed by atoms with Crippen LogP contribution in [0.3, 0.4) is 0 Å². The fraction of sp³-hybridized carbons (Fsp3) is 0. The number of rotatable bonds is 1. The maximum absolute atomic E-state index is 13.3. The van der Waals surface area contributed by atoms with Crippen LogP contribution in [0.1, 0.15) is 0 Å². The van der Waals surface area contributed by atoms with Crippen LogP contribution in [0.4, 0.5) is 13.2 Å². The number of aromatic nitrogens is 1. The standard InChI is InChI=1S/C11H4ClF3N/c12-7-3-1-2-6(4-7)10-8(13)5-9(14)11(15)16-10/h1-2,4-5H. The number of nitrogens with zero attached hydrogens (tertiary/aromatic N) is 1. The summed E-state index contributed by atoms with van der Waals surface area (Å²) in [7, 11) is 0. The summed E-state index contributed by atoms with van der Waals surface area (Å²) in [6, 6.07) is 7.34. The van der Waals surface area contributed by atoms with E-state index in [0.717, 1.165) is 0 Å². The molecule has 0 N–H and O–H groups in total. The predicted molar refractivity (Wildman–Crippen MR) is 53.4 cm³/mol. The number of hydrogen-bond donors (Lipinski definition) is 0. The molecule has 1 heterocycles. The summed E-state index contributed by atoms with van der Waals surface area (Å²) in [5.74, 6) is -3.61. The number of halogens is 4. The minimum Gasteiger partial charge on any atom is -0.214 e. The molecule has 5 heteroatoms. The van der Waals surface area contributed by atoms with Gasteiger partial charge < -0.3 is 0 Å². The van der Waals surface area contributed by atoms with Gasteiger partial charge in [-0.15, -0.1) is 0 Å². The van der Waals surface area contributed by atoms with E-state index in [1.54, 1.807) is 0 Å². The van der Waals surface area contributed by atoms with Crippen LogP contribution in [-0.4, -0.2) is 4.98 Å². The van der Waals surface area contributed by atoms with E-state index in [-0.39, 0.29) is 16.3 Å². The zero-order valence-electron chi connectivity index (χ0n) is 7.77. The Labute approximate surface area is 94.5 Å². The molecule has 2 aromatic rings. The summed E-state index contributed by atoms with van der Waals surface area (Å²) in [5, 5.41) is 0.239. The molecule has 1 nitrogen and oxygen atoms in total. The maximum atomic E-state index is 13.3. The molecule has 0 bridgehead atoms. The molecule has 0 unspecified atom stereocenters. The lowest BCUT2D eigenvalue weighted by atomic mass is 10.1. The van der Waals surface area contributed by atoms with E-state index in [9.17, 15) is 13.2 Å². The minimum absolute atomic E-state index is 0.239. The summed E-state index contributed by atoms with van der Waals surface area (Å²) in [6.07, 6.45) is 0. The lowest BCUT2D eigenvalue weighted by molar-refractivity contribution is 0.466. The van der Waals surface area contributed by atoms with E-state index >= 15 is 0 Å². The third-order valence-electron chi connectivity index (χ3n) is 1.93. The number of pyridine rings is 1. The van der Waals surface area contributed by atoms with E-state index in [1.165, 1.54) is 18.2 Å². The molecule has 1 aromatic heterocycles. The topological polar surface area (TPSA) is 12.9 Å². The molecule has 1 radical (unpaired) electrons. The second kappa shape index (κ2) is 4.14. The molecule has 0 aliphatic carbocycles. The van der Waals surface area contributed by atoms with Crippen molar-refractivity contribution in [2.45, 2.75) is 0 Å². The van der Waals surface area contributed by atoms with Crippen molar-refractivity contribution in [2.24, 2.45) is 0 Å². The van der Waals surface area contributed by atoms with Gasteiger partial charge >= 0.3 is 0 Å². The molecule has 0 aliphatic heterocycles. The van der Waals surface area contributed by atoms with Gasteiger partial charge in [-0.3, -0.25) is 0 Å². The van der Waals surface area contributed by atoms with Gasteiger partial charge in [0.15, 0.2) is 11.6 Å². The fourth-order valence-electron chi connectivity index (χ4n) is 1.23. The van der Waals surface area contributed by atoms with Crippen molar-refractivity contribution in [3.8, 4) is 11.3 Å². The first-order valence-electron chi connectivity index (χ1n) is 4.27. The Bertz CT molecular complexity index is 543. The third kappa shape index (κ3) is 2.02. The van der Waals surface area contributed by atoms with Crippen molar-refractivity contribution < 1.29 is 13.2 Å². The SMILES string of the molecule is Fc1cc(F)c(-c2cc[c]c(Cl)c2)nc1F. The largest absolute Gasteiger partial charge is 0.249 e. The maximum Gasteiger partial charge on any atom is 0.249 e. The van der Waals surface area contributed by atoms with Crippen molar-refractivity contribution in [3.63, 3.8) is 0 Å². The molecule has 0 fully saturated rings. The van der Waals surface area contributed by atoms with Gasteiger partial charge in [0.2, 0.25) is 5.95 Å². The summed E-state index contributed by atoms with van der Waals surface area (Å²) < 4.78 is 38.8. The highest BCUT2D eigenvalue weighted by Crippen LogP contribution is 2.24. The fourth-order valence-corrected chi connectivity index (χ4v) is 1.41. The minimum atomic E-state index is -1.35. The monoisotopic (exact) mass is 242 g/mol. The molecule has 0 saturated heterocycles. The Balaban J connectivity index is 2.60. The predicted octanol–water partition coefficient (Wildman–Crippen LogP) is 3.62. The molecule has 1 aromatic carbocycles. The van der Waals surface area contributed by atoms with Gasteiger partial charge in [0, 0.05) is 22.7 Å². The summed E-state index contributed by atoms with van der Waals surface area (Å²) in [6.45, 7) is 0. The molecule has 0 amide bonds. The Morgan fingerprint density at radius 2 is 1.88 bits per heavy atom. The van der Waals surface area contributed by atoms with E-state index in [2.05, 4.69) is 11.1 Å². The quantitative estimate of drug-likeness (QED) is 0.696. The average molecular weight is 243 g/mol. The zero-order valence-corrected chi connectivity index (χ0v) is 8.52. The highest BCUT2D eigenvalue weighted by Gasteiger charge is 2.13. The first-order chi connectivity index (χ1) is 7.58. The Kier molecular flexibility index (Phi) is 2.83.